The highest BCUT2D eigenvalue weighted by molar-refractivity contribution is 5.75. The Hall–Kier alpha value is -2.73. The Morgan fingerprint density at radius 2 is 1.86 bits per heavy atom. The van der Waals surface area contributed by atoms with Gasteiger partial charge in [-0.2, -0.15) is 0 Å². The molecular weight excluding hydrogens is 363 g/mol. The van der Waals surface area contributed by atoms with Gasteiger partial charge in [0.05, 0.1) is 18.9 Å². The fraction of sp³-hybridized carbons (Fsp3) is 0.364. The van der Waals surface area contributed by atoms with Crippen molar-refractivity contribution in [1.29, 1.82) is 0 Å². The summed E-state index contributed by atoms with van der Waals surface area (Å²) in [7, 11) is 0. The molecule has 1 aliphatic heterocycles. The fourth-order valence-electron chi connectivity index (χ4n) is 2.74. The predicted molar refractivity (Wildman–Crippen MR) is 100 cm³/mol. The third-order valence-corrected chi connectivity index (χ3v) is 4.53. The number of epoxide rings is 1. The highest BCUT2D eigenvalue weighted by atomic mass is 19.1. The van der Waals surface area contributed by atoms with Crippen molar-refractivity contribution in [2.45, 2.75) is 32.8 Å². The summed E-state index contributed by atoms with van der Waals surface area (Å²) in [5, 5.41) is 0. The maximum Gasteiger partial charge on any atom is 0.313 e. The quantitative estimate of drug-likeness (QED) is 0.412. The molecule has 0 amide bonds. The van der Waals surface area contributed by atoms with Crippen LogP contribution in [0.5, 0.6) is 5.75 Å². The molecule has 5 nitrogen and oxygen atoms in total. The average Bonchev–Trinajstić information content (AvgIpc) is 3.43. The normalized spacial score (nSPS) is 18.0. The Labute approximate surface area is 163 Å². The van der Waals surface area contributed by atoms with E-state index in [4.69, 9.17) is 14.2 Å². The van der Waals surface area contributed by atoms with Gasteiger partial charge in [-0.25, -0.2) is 4.39 Å². The number of rotatable bonds is 7. The van der Waals surface area contributed by atoms with Crippen LogP contribution in [-0.4, -0.2) is 25.2 Å². The zero-order valence-corrected chi connectivity index (χ0v) is 16.2. The van der Waals surface area contributed by atoms with Gasteiger partial charge in [0.25, 0.3) is 0 Å². The number of ether oxygens (including phenoxy) is 3. The van der Waals surface area contributed by atoms with Crippen molar-refractivity contribution in [3.8, 4) is 5.75 Å². The van der Waals surface area contributed by atoms with Crippen LogP contribution in [0.15, 0.2) is 42.5 Å². The van der Waals surface area contributed by atoms with Gasteiger partial charge in [-0.1, -0.05) is 38.1 Å². The van der Waals surface area contributed by atoms with Gasteiger partial charge < -0.3 is 14.2 Å². The van der Waals surface area contributed by atoms with E-state index in [0.29, 0.717) is 23.5 Å². The number of halogens is 1. The number of hydrogen-bond donors (Lipinski definition) is 0. The first kappa shape index (κ1) is 20.0. The highest BCUT2D eigenvalue weighted by Gasteiger charge is 2.50. The summed E-state index contributed by atoms with van der Waals surface area (Å²) < 4.78 is 29.5. The van der Waals surface area contributed by atoms with Gasteiger partial charge in [-0.3, -0.25) is 9.59 Å². The molecule has 28 heavy (non-hydrogen) atoms. The first-order chi connectivity index (χ1) is 13.3. The molecule has 0 saturated carbocycles. The SMILES string of the molecule is Cc1ccc(C2(COC(=O)Cc3ccc(F)cc3)CO2)c(OC(=O)C(C)C)c1. The van der Waals surface area contributed by atoms with Gasteiger partial charge in [0.1, 0.15) is 18.2 Å². The van der Waals surface area contributed by atoms with Crippen molar-refractivity contribution in [2.75, 3.05) is 13.2 Å². The number of carbonyl (C=O) groups is 2. The standard InChI is InChI=1S/C22H23FO5/c1-14(2)21(25)28-19-10-15(3)4-9-18(19)22(13-27-22)12-26-20(24)11-16-5-7-17(23)8-6-16/h4-10,14H,11-13H2,1-3H3. The average molecular weight is 386 g/mol. The van der Waals surface area contributed by atoms with Crippen LogP contribution in [-0.2, 0) is 31.1 Å². The number of carbonyl (C=O) groups excluding carboxylic acids is 2. The van der Waals surface area contributed by atoms with Gasteiger partial charge in [-0.15, -0.1) is 0 Å². The maximum absolute atomic E-state index is 13.0. The van der Waals surface area contributed by atoms with E-state index in [1.807, 2.05) is 19.1 Å². The monoisotopic (exact) mass is 386 g/mol. The van der Waals surface area contributed by atoms with Crippen LogP contribution in [0.4, 0.5) is 4.39 Å². The lowest BCUT2D eigenvalue weighted by Gasteiger charge is -2.18. The third kappa shape index (κ3) is 4.75. The number of benzene rings is 2. The van der Waals surface area contributed by atoms with Gasteiger partial charge in [0.2, 0.25) is 0 Å². The minimum Gasteiger partial charge on any atom is -0.462 e. The van der Waals surface area contributed by atoms with Crippen molar-refractivity contribution < 1.29 is 28.2 Å². The molecule has 0 aliphatic carbocycles. The van der Waals surface area contributed by atoms with Crippen molar-refractivity contribution in [3.63, 3.8) is 0 Å². The largest absolute Gasteiger partial charge is 0.462 e. The van der Waals surface area contributed by atoms with Crippen LogP contribution in [0.2, 0.25) is 0 Å². The number of aryl methyl sites for hydroxylation is 1. The smallest absolute Gasteiger partial charge is 0.313 e. The summed E-state index contributed by atoms with van der Waals surface area (Å²) in [5.41, 5.74) is 1.49. The zero-order valence-electron chi connectivity index (χ0n) is 16.2. The Morgan fingerprint density at radius 1 is 1.18 bits per heavy atom. The Kier molecular flexibility index (Phi) is 5.79. The van der Waals surface area contributed by atoms with E-state index < -0.39 is 11.6 Å². The topological polar surface area (TPSA) is 65.1 Å². The molecule has 1 heterocycles. The molecule has 3 rings (SSSR count). The third-order valence-electron chi connectivity index (χ3n) is 4.53. The molecule has 6 heteroatoms. The van der Waals surface area contributed by atoms with Crippen LogP contribution < -0.4 is 4.74 Å². The summed E-state index contributed by atoms with van der Waals surface area (Å²) >= 11 is 0. The number of hydrogen-bond acceptors (Lipinski definition) is 5. The molecule has 0 bridgehead atoms. The van der Waals surface area contributed by atoms with Crippen LogP contribution in [0.3, 0.4) is 0 Å². The molecule has 0 spiro atoms. The summed E-state index contributed by atoms with van der Waals surface area (Å²) in [6.45, 7) is 5.81. The Morgan fingerprint density at radius 3 is 2.46 bits per heavy atom. The molecule has 1 unspecified atom stereocenters. The van der Waals surface area contributed by atoms with Gasteiger partial charge >= 0.3 is 11.9 Å². The number of esters is 2. The summed E-state index contributed by atoms with van der Waals surface area (Å²) in [5.74, 6) is -0.973. The molecule has 0 aromatic heterocycles. The van der Waals surface area contributed by atoms with Crippen LogP contribution in [0.25, 0.3) is 0 Å². The molecular formula is C22H23FO5. The lowest BCUT2D eigenvalue weighted by atomic mass is 9.98. The lowest BCUT2D eigenvalue weighted by Crippen LogP contribution is -2.23. The van der Waals surface area contributed by atoms with Crippen molar-refractivity contribution >= 4 is 11.9 Å². The minimum absolute atomic E-state index is 0.0162. The molecule has 1 atom stereocenters. The van der Waals surface area contributed by atoms with E-state index in [1.165, 1.54) is 12.1 Å². The molecule has 1 fully saturated rings. The molecule has 148 valence electrons. The minimum atomic E-state index is -0.807. The van der Waals surface area contributed by atoms with Crippen LogP contribution in [0, 0.1) is 18.7 Å². The molecule has 0 radical (unpaired) electrons. The van der Waals surface area contributed by atoms with Crippen LogP contribution in [0.1, 0.15) is 30.5 Å². The zero-order chi connectivity index (χ0) is 20.3. The van der Waals surface area contributed by atoms with Crippen molar-refractivity contribution in [1.82, 2.24) is 0 Å². The fourth-order valence-corrected chi connectivity index (χ4v) is 2.74. The van der Waals surface area contributed by atoms with Gasteiger partial charge in [0, 0.05) is 5.56 Å². The highest BCUT2D eigenvalue weighted by Crippen LogP contribution is 2.44. The summed E-state index contributed by atoms with van der Waals surface area (Å²) in [4.78, 5) is 24.2. The first-order valence-corrected chi connectivity index (χ1v) is 9.16. The lowest BCUT2D eigenvalue weighted by molar-refractivity contribution is -0.145. The Balaban J connectivity index is 1.68. The second-order valence-electron chi connectivity index (χ2n) is 7.32. The molecule has 2 aromatic carbocycles. The maximum atomic E-state index is 13.0. The molecule has 1 aliphatic rings. The molecule has 2 aromatic rings. The van der Waals surface area contributed by atoms with E-state index in [2.05, 4.69) is 0 Å². The van der Waals surface area contributed by atoms with E-state index in [1.54, 1.807) is 32.0 Å². The second kappa shape index (κ2) is 8.10. The second-order valence-corrected chi connectivity index (χ2v) is 7.32. The van der Waals surface area contributed by atoms with Gasteiger partial charge in [-0.05, 0) is 36.2 Å². The Bertz CT molecular complexity index is 869. The summed E-state index contributed by atoms with van der Waals surface area (Å²) in [6.07, 6.45) is 0.0411. The van der Waals surface area contributed by atoms with E-state index in [9.17, 15) is 14.0 Å². The molecule has 1 saturated heterocycles. The van der Waals surface area contributed by atoms with Crippen LogP contribution >= 0.6 is 0 Å². The van der Waals surface area contributed by atoms with E-state index in [-0.39, 0.29) is 30.7 Å². The van der Waals surface area contributed by atoms with Gasteiger partial charge in [0.15, 0.2) is 5.60 Å². The van der Waals surface area contributed by atoms with E-state index in [0.717, 1.165) is 5.56 Å². The first-order valence-electron chi connectivity index (χ1n) is 9.16. The molecule has 0 N–H and O–H groups in total. The predicted octanol–water partition coefficient (Wildman–Crippen LogP) is 3.71. The van der Waals surface area contributed by atoms with Crippen molar-refractivity contribution in [2.24, 2.45) is 5.92 Å². The van der Waals surface area contributed by atoms with Crippen molar-refractivity contribution in [3.05, 3.63) is 65.0 Å². The summed E-state index contributed by atoms with van der Waals surface area (Å²) in [6, 6.07) is 11.2. The van der Waals surface area contributed by atoms with E-state index >= 15 is 0 Å².